The van der Waals surface area contributed by atoms with Crippen LogP contribution in [-0.2, 0) is 0 Å². The van der Waals surface area contributed by atoms with Crippen molar-refractivity contribution in [3.05, 3.63) is 167 Å². The summed E-state index contributed by atoms with van der Waals surface area (Å²) in [6.45, 7) is 6.34. The molecule has 0 amide bonds. The van der Waals surface area contributed by atoms with Gasteiger partial charge in [0.1, 0.15) is 0 Å². The van der Waals surface area contributed by atoms with Crippen LogP contribution in [0.1, 0.15) is 16.7 Å². The highest BCUT2D eigenvalue weighted by Crippen LogP contribution is 2.38. The van der Waals surface area contributed by atoms with Crippen LogP contribution >= 0.6 is 0 Å². The minimum absolute atomic E-state index is 1.01. The zero-order valence-corrected chi connectivity index (χ0v) is 22.9. The van der Waals surface area contributed by atoms with E-state index < -0.39 is 0 Å². The van der Waals surface area contributed by atoms with Crippen LogP contribution in [0, 0.1) is 6.92 Å². The van der Waals surface area contributed by atoms with Crippen LogP contribution in [0.4, 0.5) is 22.7 Å². The number of rotatable bonds is 6. The molecule has 0 heterocycles. The van der Waals surface area contributed by atoms with Gasteiger partial charge in [0.2, 0.25) is 0 Å². The molecule has 0 saturated carbocycles. The average Bonchev–Trinajstić information content (AvgIpc) is 3.00. The first-order valence-electron chi connectivity index (χ1n) is 13.6. The largest absolute Gasteiger partial charge is 0.388 e. The summed E-state index contributed by atoms with van der Waals surface area (Å²) in [4.78, 5) is 2.31. The van der Waals surface area contributed by atoms with Gasteiger partial charge < -0.3 is 10.2 Å². The molecule has 2 nitrogen and oxygen atoms in total. The number of para-hydroxylation sites is 2. The van der Waals surface area contributed by atoms with Crippen molar-refractivity contribution in [1.82, 2.24) is 0 Å². The molecule has 194 valence electrons. The van der Waals surface area contributed by atoms with Crippen molar-refractivity contribution in [3.63, 3.8) is 0 Å². The molecule has 0 aliphatic rings. The Balaban J connectivity index is 1.58. The van der Waals surface area contributed by atoms with E-state index in [-0.39, 0.29) is 0 Å². The van der Waals surface area contributed by atoms with Gasteiger partial charge in [-0.05, 0) is 87.5 Å². The van der Waals surface area contributed by atoms with E-state index in [0.717, 1.165) is 28.0 Å². The fourth-order valence-electron chi connectivity index (χ4n) is 5.53. The summed E-state index contributed by atoms with van der Waals surface area (Å²) in [5.74, 6) is 0. The monoisotopic (exact) mass is 516 g/mol. The van der Waals surface area contributed by atoms with E-state index in [2.05, 4.69) is 163 Å². The maximum absolute atomic E-state index is 4.12. The normalized spacial score (nSPS) is 10.8. The molecule has 0 aliphatic carbocycles. The standard InChI is InChI=1S/C38H32N2/c1-27-18-20-29(21-19-27)38(36-24-25-37(39-3)35-17-11-10-16-34(35)36)33-23-22-32(26-28(33)2)40(30-12-6-4-7-13-30)31-14-8-5-9-15-31/h4-26,39H,1H2,2-3H3. The molecule has 0 radical (unpaired) electrons. The van der Waals surface area contributed by atoms with Crippen molar-refractivity contribution in [3.8, 4) is 0 Å². The van der Waals surface area contributed by atoms with Crippen LogP contribution in [-0.4, -0.2) is 7.05 Å². The predicted molar refractivity (Wildman–Crippen MR) is 172 cm³/mol. The Labute approximate surface area is 236 Å². The van der Waals surface area contributed by atoms with E-state index >= 15 is 0 Å². The quantitative estimate of drug-likeness (QED) is 0.239. The molecule has 6 aromatic rings. The van der Waals surface area contributed by atoms with Gasteiger partial charge in [-0.15, -0.1) is 0 Å². The minimum Gasteiger partial charge on any atom is -0.388 e. The van der Waals surface area contributed by atoms with Gasteiger partial charge >= 0.3 is 0 Å². The first kappa shape index (κ1) is 25.2. The number of nitrogens with one attached hydrogen (secondary N) is 1. The van der Waals surface area contributed by atoms with E-state index in [1.54, 1.807) is 0 Å². The zero-order chi connectivity index (χ0) is 27.5. The van der Waals surface area contributed by atoms with E-state index in [1.807, 2.05) is 7.05 Å². The second kappa shape index (κ2) is 11.0. The van der Waals surface area contributed by atoms with Gasteiger partial charge in [-0.2, -0.15) is 0 Å². The molecule has 6 aromatic carbocycles. The van der Waals surface area contributed by atoms with Gasteiger partial charge in [0.05, 0.1) is 0 Å². The summed E-state index contributed by atoms with van der Waals surface area (Å²) in [5.41, 5.74) is 9.36. The lowest BCUT2D eigenvalue weighted by molar-refractivity contribution is 1.26. The van der Waals surface area contributed by atoms with Gasteiger partial charge in [0.25, 0.3) is 0 Å². The third-order valence-electron chi connectivity index (χ3n) is 7.47. The van der Waals surface area contributed by atoms with Crippen molar-refractivity contribution >= 4 is 45.7 Å². The summed E-state index contributed by atoms with van der Waals surface area (Å²) in [7, 11) is 1.98. The molecule has 0 unspecified atom stereocenters. The molecule has 1 N–H and O–H groups in total. The Morgan fingerprint density at radius 1 is 0.575 bits per heavy atom. The first-order valence-corrected chi connectivity index (χ1v) is 13.6. The van der Waals surface area contributed by atoms with Crippen molar-refractivity contribution < 1.29 is 0 Å². The Morgan fingerprint density at radius 3 is 1.75 bits per heavy atom. The molecule has 0 aromatic heterocycles. The number of hydrogen-bond donors (Lipinski definition) is 1. The lowest BCUT2D eigenvalue weighted by Crippen LogP contribution is -2.13. The lowest BCUT2D eigenvalue weighted by Gasteiger charge is -2.26. The second-order valence-corrected chi connectivity index (χ2v) is 10.0. The first-order chi connectivity index (χ1) is 19.6. The average molecular weight is 517 g/mol. The number of benzene rings is 6. The van der Waals surface area contributed by atoms with Crippen LogP contribution in [0.5, 0.6) is 0 Å². The summed E-state index contributed by atoms with van der Waals surface area (Å²) < 4.78 is 0. The van der Waals surface area contributed by atoms with Gasteiger partial charge in [-0.3, -0.25) is 0 Å². The minimum atomic E-state index is 1.01. The maximum atomic E-state index is 4.12. The molecule has 0 saturated heterocycles. The molecular formula is C38H32N2. The highest BCUT2D eigenvalue weighted by molar-refractivity contribution is 6.03. The molecule has 40 heavy (non-hydrogen) atoms. The van der Waals surface area contributed by atoms with E-state index in [4.69, 9.17) is 0 Å². The van der Waals surface area contributed by atoms with Crippen LogP contribution in [0.3, 0.4) is 0 Å². The Morgan fingerprint density at radius 2 is 1.15 bits per heavy atom. The van der Waals surface area contributed by atoms with Crippen LogP contribution in [0.2, 0.25) is 0 Å². The Hall–Kier alpha value is -5.08. The maximum Gasteiger partial charge on any atom is 0.0464 e. The van der Waals surface area contributed by atoms with Gasteiger partial charge in [-0.1, -0.05) is 104 Å². The number of anilines is 4. The van der Waals surface area contributed by atoms with Crippen LogP contribution in [0.15, 0.2) is 140 Å². The topological polar surface area (TPSA) is 15.3 Å². The molecule has 6 rings (SSSR count). The second-order valence-electron chi connectivity index (χ2n) is 10.0. The summed E-state index contributed by atoms with van der Waals surface area (Å²) in [6.07, 6.45) is 0. The predicted octanol–water partition coefficient (Wildman–Crippen LogP) is 8.32. The van der Waals surface area contributed by atoms with E-state index in [9.17, 15) is 0 Å². The van der Waals surface area contributed by atoms with Gasteiger partial charge in [-0.25, -0.2) is 0 Å². The van der Waals surface area contributed by atoms with Crippen LogP contribution in [0.25, 0.3) is 22.9 Å². The zero-order valence-electron chi connectivity index (χ0n) is 22.9. The molecule has 0 atom stereocenters. The lowest BCUT2D eigenvalue weighted by atomic mass is 9.88. The fourth-order valence-corrected chi connectivity index (χ4v) is 5.53. The van der Waals surface area contributed by atoms with Gasteiger partial charge in [0.15, 0.2) is 0 Å². The molecule has 2 heteroatoms. The molecule has 0 spiro atoms. The van der Waals surface area contributed by atoms with Crippen molar-refractivity contribution in [2.45, 2.75) is 6.92 Å². The van der Waals surface area contributed by atoms with Crippen LogP contribution < -0.4 is 20.7 Å². The summed E-state index contributed by atoms with van der Waals surface area (Å²) in [5, 5.41) is 7.98. The van der Waals surface area contributed by atoms with Crippen molar-refractivity contribution in [1.29, 1.82) is 0 Å². The summed E-state index contributed by atoms with van der Waals surface area (Å²) >= 11 is 0. The SMILES string of the molecule is C=c1ccc(=C(c2ccc(N(c3ccccc3)c3ccccc3)cc2C)c2ccc(NC)c3ccccc23)cc1. The smallest absolute Gasteiger partial charge is 0.0464 e. The number of fused-ring (bicyclic) bond motifs is 1. The van der Waals surface area contributed by atoms with Crippen molar-refractivity contribution in [2.75, 3.05) is 17.3 Å². The molecular weight excluding hydrogens is 484 g/mol. The third kappa shape index (κ3) is 4.76. The third-order valence-corrected chi connectivity index (χ3v) is 7.47. The molecule has 0 bridgehead atoms. The Bertz CT molecular complexity index is 1840. The van der Waals surface area contributed by atoms with E-state index in [1.165, 1.54) is 38.3 Å². The van der Waals surface area contributed by atoms with Gasteiger partial charge in [0, 0.05) is 35.2 Å². The van der Waals surface area contributed by atoms with Crippen molar-refractivity contribution in [2.24, 2.45) is 0 Å². The molecule has 0 aliphatic heterocycles. The highest BCUT2D eigenvalue weighted by Gasteiger charge is 2.17. The number of hydrogen-bond acceptors (Lipinski definition) is 2. The number of aryl methyl sites for hydroxylation is 1. The van der Waals surface area contributed by atoms with E-state index in [0.29, 0.717) is 0 Å². The summed E-state index contributed by atoms with van der Waals surface area (Å²) in [6, 6.07) is 49.5. The molecule has 0 fully saturated rings. The fraction of sp³-hybridized carbons (Fsp3) is 0.0526. The number of nitrogens with zero attached hydrogens (tertiary/aromatic N) is 1. The Kier molecular flexibility index (Phi) is 6.91. The highest BCUT2D eigenvalue weighted by atomic mass is 15.1.